The van der Waals surface area contributed by atoms with Crippen molar-refractivity contribution in [2.75, 3.05) is 48.8 Å². The summed E-state index contributed by atoms with van der Waals surface area (Å²) < 4.78 is 0. The fourth-order valence-electron chi connectivity index (χ4n) is 3.04. The Bertz CT molecular complexity index is 800. The molecule has 2 N–H and O–H groups in total. The van der Waals surface area contributed by atoms with Gasteiger partial charge >= 0.3 is 6.03 Å². The molecule has 5 nitrogen and oxygen atoms in total. The summed E-state index contributed by atoms with van der Waals surface area (Å²) in [6.07, 6.45) is 0. The molecule has 1 aliphatic heterocycles. The number of benzene rings is 2. The van der Waals surface area contributed by atoms with E-state index in [0.29, 0.717) is 10.7 Å². The third-order valence-electron chi connectivity index (χ3n) is 4.74. The number of urea groups is 1. The number of carbonyl (C=O) groups is 1. The molecule has 2 aromatic rings. The van der Waals surface area contributed by atoms with Gasteiger partial charge in [0, 0.05) is 48.3 Å². The van der Waals surface area contributed by atoms with Crippen molar-refractivity contribution in [2.45, 2.75) is 13.8 Å². The quantitative estimate of drug-likeness (QED) is 0.841. The zero-order valence-corrected chi connectivity index (χ0v) is 16.2. The summed E-state index contributed by atoms with van der Waals surface area (Å²) in [5, 5.41) is 6.37. The van der Waals surface area contributed by atoms with Crippen LogP contribution in [0.3, 0.4) is 0 Å². The summed E-state index contributed by atoms with van der Waals surface area (Å²) >= 11 is 6.11. The van der Waals surface area contributed by atoms with Crippen LogP contribution in [0.15, 0.2) is 36.4 Å². The Morgan fingerprint density at radius 3 is 2.12 bits per heavy atom. The molecule has 2 amide bonds. The van der Waals surface area contributed by atoms with Crippen LogP contribution in [0.5, 0.6) is 0 Å². The lowest BCUT2D eigenvalue weighted by molar-refractivity contribution is 0.262. The van der Waals surface area contributed by atoms with Crippen LogP contribution in [0.4, 0.5) is 21.9 Å². The molecule has 0 bridgehead atoms. The molecule has 26 heavy (non-hydrogen) atoms. The summed E-state index contributed by atoms with van der Waals surface area (Å²) in [7, 11) is 2.14. The van der Waals surface area contributed by atoms with E-state index in [1.165, 1.54) is 11.3 Å². The molecule has 0 unspecified atom stereocenters. The largest absolute Gasteiger partial charge is 0.369 e. The van der Waals surface area contributed by atoms with Crippen molar-refractivity contribution >= 4 is 34.7 Å². The summed E-state index contributed by atoms with van der Waals surface area (Å²) in [6.45, 7) is 8.12. The molecule has 1 heterocycles. The SMILES string of the molecule is Cc1ccc(NC(=O)Nc2ccc(C)c(N3CCN(C)CC3)c2)cc1Cl. The van der Waals surface area contributed by atoms with Crippen LogP contribution in [0.1, 0.15) is 11.1 Å². The molecule has 138 valence electrons. The minimum Gasteiger partial charge on any atom is -0.369 e. The molecule has 0 spiro atoms. The Hall–Kier alpha value is -2.24. The van der Waals surface area contributed by atoms with Crippen LogP contribution < -0.4 is 15.5 Å². The van der Waals surface area contributed by atoms with Gasteiger partial charge in [-0.1, -0.05) is 23.7 Å². The third-order valence-corrected chi connectivity index (χ3v) is 5.15. The molecule has 1 saturated heterocycles. The van der Waals surface area contributed by atoms with E-state index in [1.807, 2.05) is 37.3 Å². The maximum atomic E-state index is 12.3. The summed E-state index contributed by atoms with van der Waals surface area (Å²) in [5.41, 5.74) is 4.82. The third kappa shape index (κ3) is 4.48. The number of hydrogen-bond acceptors (Lipinski definition) is 3. The second-order valence-electron chi connectivity index (χ2n) is 6.83. The standard InChI is InChI=1S/C20H25ClN4O/c1-14-4-6-16(12-18(14)21)22-20(26)23-17-7-5-15(2)19(13-17)25-10-8-24(3)9-11-25/h4-7,12-13H,8-11H2,1-3H3,(H2,22,23,26). The molecular weight excluding hydrogens is 348 g/mol. The highest BCUT2D eigenvalue weighted by Crippen LogP contribution is 2.26. The van der Waals surface area contributed by atoms with Gasteiger partial charge in [0.05, 0.1) is 0 Å². The second-order valence-corrected chi connectivity index (χ2v) is 7.24. The van der Waals surface area contributed by atoms with Crippen molar-refractivity contribution in [3.8, 4) is 0 Å². The van der Waals surface area contributed by atoms with Gasteiger partial charge in [-0.3, -0.25) is 0 Å². The van der Waals surface area contributed by atoms with Gasteiger partial charge in [-0.2, -0.15) is 0 Å². The van der Waals surface area contributed by atoms with Crippen molar-refractivity contribution in [1.29, 1.82) is 0 Å². The van der Waals surface area contributed by atoms with Gasteiger partial charge in [0.2, 0.25) is 0 Å². The summed E-state index contributed by atoms with van der Waals surface area (Å²) in [4.78, 5) is 17.0. The van der Waals surface area contributed by atoms with Gasteiger partial charge in [-0.15, -0.1) is 0 Å². The lowest BCUT2D eigenvalue weighted by Crippen LogP contribution is -2.44. The molecule has 0 saturated carbocycles. The first-order chi connectivity index (χ1) is 12.4. The van der Waals surface area contributed by atoms with Gasteiger partial charge in [0.15, 0.2) is 0 Å². The highest BCUT2D eigenvalue weighted by atomic mass is 35.5. The van der Waals surface area contributed by atoms with Gasteiger partial charge in [0.25, 0.3) is 0 Å². The zero-order valence-electron chi connectivity index (χ0n) is 15.5. The van der Waals surface area contributed by atoms with E-state index in [0.717, 1.165) is 37.4 Å². The molecule has 6 heteroatoms. The van der Waals surface area contributed by atoms with Gasteiger partial charge in [0.1, 0.15) is 0 Å². The van der Waals surface area contributed by atoms with Gasteiger partial charge in [-0.05, 0) is 56.3 Å². The lowest BCUT2D eigenvalue weighted by atomic mass is 10.1. The smallest absolute Gasteiger partial charge is 0.323 e. The fourth-order valence-corrected chi connectivity index (χ4v) is 3.22. The number of nitrogens with zero attached hydrogens (tertiary/aromatic N) is 2. The maximum absolute atomic E-state index is 12.3. The fraction of sp³-hybridized carbons (Fsp3) is 0.350. The summed E-state index contributed by atoms with van der Waals surface area (Å²) in [5.74, 6) is 0. The Morgan fingerprint density at radius 2 is 1.50 bits per heavy atom. The predicted octanol–water partition coefficient (Wildman–Crippen LogP) is 4.35. The normalized spacial score (nSPS) is 15.0. The number of piperazine rings is 1. The Kier molecular flexibility index (Phi) is 5.69. The number of carbonyl (C=O) groups excluding carboxylic acids is 1. The summed E-state index contributed by atoms with van der Waals surface area (Å²) in [6, 6.07) is 11.2. The average Bonchev–Trinajstić information content (AvgIpc) is 2.61. The Labute approximate surface area is 159 Å². The van der Waals surface area contributed by atoms with E-state index in [2.05, 4.69) is 34.4 Å². The van der Waals surface area contributed by atoms with E-state index in [9.17, 15) is 4.79 Å². The minimum atomic E-state index is -0.280. The zero-order chi connectivity index (χ0) is 18.7. The molecule has 0 aromatic heterocycles. The molecule has 3 rings (SSSR count). The predicted molar refractivity (Wildman–Crippen MR) is 110 cm³/mol. The minimum absolute atomic E-state index is 0.280. The topological polar surface area (TPSA) is 47.6 Å². The molecule has 0 radical (unpaired) electrons. The molecule has 0 aliphatic carbocycles. The lowest BCUT2D eigenvalue weighted by Gasteiger charge is -2.35. The van der Waals surface area contributed by atoms with Crippen LogP contribution in [0, 0.1) is 13.8 Å². The van der Waals surface area contributed by atoms with Crippen molar-refractivity contribution in [3.05, 3.63) is 52.5 Å². The highest BCUT2D eigenvalue weighted by molar-refractivity contribution is 6.31. The molecule has 2 aromatic carbocycles. The number of nitrogens with one attached hydrogen (secondary N) is 2. The number of hydrogen-bond donors (Lipinski definition) is 2. The van der Waals surface area contributed by atoms with E-state index in [4.69, 9.17) is 11.6 Å². The van der Waals surface area contributed by atoms with Crippen LogP contribution in [-0.4, -0.2) is 44.2 Å². The number of amides is 2. The Morgan fingerprint density at radius 1 is 0.923 bits per heavy atom. The first kappa shape index (κ1) is 18.5. The van der Waals surface area contributed by atoms with E-state index < -0.39 is 0 Å². The monoisotopic (exact) mass is 372 g/mol. The molecule has 1 aliphatic rings. The van der Waals surface area contributed by atoms with Crippen LogP contribution in [0.2, 0.25) is 5.02 Å². The second kappa shape index (κ2) is 7.98. The van der Waals surface area contributed by atoms with Gasteiger partial charge < -0.3 is 20.4 Å². The first-order valence-corrected chi connectivity index (χ1v) is 9.18. The van der Waals surface area contributed by atoms with Crippen LogP contribution in [-0.2, 0) is 0 Å². The highest BCUT2D eigenvalue weighted by Gasteiger charge is 2.16. The molecule has 1 fully saturated rings. The number of anilines is 3. The van der Waals surface area contributed by atoms with Crippen molar-refractivity contribution in [3.63, 3.8) is 0 Å². The van der Waals surface area contributed by atoms with Crippen LogP contribution >= 0.6 is 11.6 Å². The van der Waals surface area contributed by atoms with Crippen LogP contribution in [0.25, 0.3) is 0 Å². The average molecular weight is 373 g/mol. The number of rotatable bonds is 3. The number of halogens is 1. The molecular formula is C20H25ClN4O. The van der Waals surface area contributed by atoms with Crippen molar-refractivity contribution in [2.24, 2.45) is 0 Å². The van der Waals surface area contributed by atoms with E-state index >= 15 is 0 Å². The first-order valence-electron chi connectivity index (χ1n) is 8.80. The van der Waals surface area contributed by atoms with E-state index in [-0.39, 0.29) is 6.03 Å². The van der Waals surface area contributed by atoms with Crippen molar-refractivity contribution < 1.29 is 4.79 Å². The Balaban J connectivity index is 1.68. The number of aryl methyl sites for hydroxylation is 2. The van der Waals surface area contributed by atoms with E-state index in [1.54, 1.807) is 6.07 Å². The maximum Gasteiger partial charge on any atom is 0.323 e. The molecule has 0 atom stereocenters. The van der Waals surface area contributed by atoms with Crippen molar-refractivity contribution in [1.82, 2.24) is 4.90 Å². The van der Waals surface area contributed by atoms with Gasteiger partial charge in [-0.25, -0.2) is 4.79 Å². The number of likely N-dealkylation sites (N-methyl/N-ethyl adjacent to an activating group) is 1.